The Bertz CT molecular complexity index is 479. The summed E-state index contributed by atoms with van der Waals surface area (Å²) in [6.45, 7) is 3.27. The van der Waals surface area contributed by atoms with E-state index in [4.69, 9.17) is 5.11 Å². The monoisotopic (exact) mass is 357 g/mol. The van der Waals surface area contributed by atoms with Gasteiger partial charge in [0.05, 0.1) is 5.56 Å². The van der Waals surface area contributed by atoms with Crippen molar-refractivity contribution in [3.8, 4) is 0 Å². The molecule has 0 amide bonds. The van der Waals surface area contributed by atoms with Gasteiger partial charge in [-0.15, -0.1) is 0 Å². The highest BCUT2D eigenvalue weighted by Gasteiger charge is 2.36. The molecule has 1 unspecified atom stereocenters. The Kier molecular flexibility index (Phi) is 5.26. The number of aromatic nitrogens is 1. The lowest BCUT2D eigenvalue weighted by atomic mass is 10.1. The maximum absolute atomic E-state index is 12.9. The van der Waals surface area contributed by atoms with Gasteiger partial charge in [-0.1, -0.05) is 25.6 Å². The highest BCUT2D eigenvalue weighted by atomic mass is 79.9. The second-order valence-corrected chi connectivity index (χ2v) is 6.17. The molecular weight excluding hydrogens is 347 g/mol. The van der Waals surface area contributed by atoms with Crippen LogP contribution in [0.25, 0.3) is 0 Å². The van der Waals surface area contributed by atoms with Gasteiger partial charge < -0.3 is 5.11 Å². The molecule has 1 aromatic heterocycles. The molecule has 0 aromatic carbocycles. The van der Waals surface area contributed by atoms with E-state index in [2.05, 4.69) is 20.9 Å². The molecule has 0 aliphatic carbocycles. The number of carboxylic acids is 1. The fourth-order valence-electron chi connectivity index (χ4n) is 1.32. The number of nitrogens with zero attached hydrogens (tertiary/aromatic N) is 1. The van der Waals surface area contributed by atoms with Crippen molar-refractivity contribution in [1.82, 2.24) is 4.98 Å². The summed E-state index contributed by atoms with van der Waals surface area (Å²) in [6, 6.07) is 0.897. The molecule has 1 heterocycles. The van der Waals surface area contributed by atoms with Crippen molar-refractivity contribution in [3.63, 3.8) is 0 Å². The van der Waals surface area contributed by atoms with Gasteiger partial charge in [0.1, 0.15) is 10.3 Å². The van der Waals surface area contributed by atoms with E-state index in [1.165, 1.54) is 6.20 Å². The molecule has 0 saturated heterocycles. The molecule has 0 saturated carbocycles. The summed E-state index contributed by atoms with van der Waals surface area (Å²) in [4.78, 5) is 14.7. The molecule has 0 spiro atoms. The van der Waals surface area contributed by atoms with Crippen LogP contribution in [0, 0.1) is 5.92 Å². The molecule has 1 atom stereocenters. The van der Waals surface area contributed by atoms with Gasteiger partial charge in [-0.3, -0.25) is 4.79 Å². The van der Waals surface area contributed by atoms with Crippen LogP contribution in [0.15, 0.2) is 21.8 Å². The Balaban J connectivity index is 3.17. The van der Waals surface area contributed by atoms with Crippen LogP contribution in [0.2, 0.25) is 0 Å². The van der Waals surface area contributed by atoms with E-state index >= 15 is 0 Å². The maximum atomic E-state index is 12.9. The lowest BCUT2D eigenvalue weighted by molar-refractivity contribution is -0.140. The zero-order chi connectivity index (χ0) is 14.8. The van der Waals surface area contributed by atoms with Gasteiger partial charge in [0, 0.05) is 10.7 Å². The van der Waals surface area contributed by atoms with E-state index in [1.807, 2.05) is 0 Å². The standard InChI is InChI=1S/C11H11BrF3NO2S/c1-5(2)8(10(17)18)19-9-7(11(13,14)15)3-6(12)4-16-9/h3-5,8H,1-2H3,(H,17,18). The SMILES string of the molecule is CC(C)C(Sc1ncc(Br)cc1C(F)(F)F)C(=O)O. The minimum atomic E-state index is -4.57. The first kappa shape index (κ1) is 16.3. The lowest BCUT2D eigenvalue weighted by Gasteiger charge is -2.18. The summed E-state index contributed by atoms with van der Waals surface area (Å²) in [5.41, 5.74) is -0.932. The summed E-state index contributed by atoms with van der Waals surface area (Å²) in [5.74, 6) is -1.47. The van der Waals surface area contributed by atoms with Crippen LogP contribution in [0.5, 0.6) is 0 Å². The van der Waals surface area contributed by atoms with Crippen molar-refractivity contribution < 1.29 is 23.1 Å². The summed E-state index contributed by atoms with van der Waals surface area (Å²) < 4.78 is 38.8. The number of rotatable bonds is 4. The summed E-state index contributed by atoms with van der Waals surface area (Å²) in [7, 11) is 0. The number of halogens is 4. The van der Waals surface area contributed by atoms with Gasteiger partial charge in [-0.25, -0.2) is 4.98 Å². The summed E-state index contributed by atoms with van der Waals surface area (Å²) in [6.07, 6.45) is -3.35. The second-order valence-electron chi connectivity index (χ2n) is 4.12. The van der Waals surface area contributed by atoms with Gasteiger partial charge in [0.15, 0.2) is 0 Å². The van der Waals surface area contributed by atoms with Crippen LogP contribution in [-0.2, 0) is 11.0 Å². The highest BCUT2D eigenvalue weighted by Crippen LogP contribution is 2.39. The fourth-order valence-corrected chi connectivity index (χ4v) is 2.68. The normalized spacial score (nSPS) is 13.6. The van der Waals surface area contributed by atoms with Crippen LogP contribution in [0.3, 0.4) is 0 Å². The minimum absolute atomic E-state index is 0.195. The quantitative estimate of drug-likeness (QED) is 0.825. The molecular formula is C11H11BrF3NO2S. The minimum Gasteiger partial charge on any atom is -0.480 e. The molecule has 8 heteroatoms. The smallest absolute Gasteiger partial charge is 0.419 e. The highest BCUT2D eigenvalue weighted by molar-refractivity contribution is 9.10. The Morgan fingerprint density at radius 2 is 2.05 bits per heavy atom. The number of aliphatic carboxylic acids is 1. The molecule has 1 rings (SSSR count). The van der Waals surface area contributed by atoms with E-state index in [9.17, 15) is 18.0 Å². The van der Waals surface area contributed by atoms with Crippen molar-refractivity contribution in [3.05, 3.63) is 22.3 Å². The zero-order valence-corrected chi connectivity index (χ0v) is 12.4. The van der Waals surface area contributed by atoms with Crippen LogP contribution in [0.1, 0.15) is 19.4 Å². The average Bonchev–Trinajstić information content (AvgIpc) is 2.24. The zero-order valence-electron chi connectivity index (χ0n) is 10.0. The molecule has 106 valence electrons. The van der Waals surface area contributed by atoms with E-state index < -0.39 is 23.0 Å². The number of carbonyl (C=O) groups is 1. The van der Waals surface area contributed by atoms with E-state index in [1.54, 1.807) is 13.8 Å². The third-order valence-electron chi connectivity index (χ3n) is 2.21. The van der Waals surface area contributed by atoms with Crippen LogP contribution < -0.4 is 0 Å². The van der Waals surface area contributed by atoms with Crippen LogP contribution >= 0.6 is 27.7 Å². The molecule has 1 aromatic rings. The third-order valence-corrected chi connectivity index (χ3v) is 4.19. The van der Waals surface area contributed by atoms with Gasteiger partial charge in [0.25, 0.3) is 0 Å². The first-order chi connectivity index (χ1) is 8.62. The first-order valence-electron chi connectivity index (χ1n) is 5.25. The summed E-state index contributed by atoms with van der Waals surface area (Å²) >= 11 is 3.54. The molecule has 0 aliphatic rings. The Labute approximate surface area is 120 Å². The largest absolute Gasteiger partial charge is 0.480 e. The number of alkyl halides is 3. The van der Waals surface area contributed by atoms with Crippen molar-refractivity contribution in [2.45, 2.75) is 30.3 Å². The van der Waals surface area contributed by atoms with E-state index in [0.717, 1.165) is 6.07 Å². The van der Waals surface area contributed by atoms with Crippen LogP contribution in [0.4, 0.5) is 13.2 Å². The van der Waals surface area contributed by atoms with Crippen molar-refractivity contribution in [2.24, 2.45) is 5.92 Å². The first-order valence-corrected chi connectivity index (χ1v) is 6.92. The Morgan fingerprint density at radius 1 is 1.47 bits per heavy atom. The van der Waals surface area contributed by atoms with Gasteiger partial charge >= 0.3 is 12.1 Å². The maximum Gasteiger partial charge on any atom is 0.419 e. The molecule has 1 N–H and O–H groups in total. The molecule has 3 nitrogen and oxygen atoms in total. The van der Waals surface area contributed by atoms with Gasteiger partial charge in [0.2, 0.25) is 0 Å². The van der Waals surface area contributed by atoms with Gasteiger partial charge in [-0.05, 0) is 27.9 Å². The number of carboxylic acid groups (broad SMARTS) is 1. The summed E-state index contributed by atoms with van der Waals surface area (Å²) in [5, 5.41) is 7.71. The van der Waals surface area contributed by atoms with E-state index in [-0.39, 0.29) is 15.4 Å². The average molecular weight is 358 g/mol. The topological polar surface area (TPSA) is 50.2 Å². The van der Waals surface area contributed by atoms with Gasteiger partial charge in [-0.2, -0.15) is 13.2 Å². The van der Waals surface area contributed by atoms with E-state index in [0.29, 0.717) is 11.8 Å². The fraction of sp³-hybridized carbons (Fsp3) is 0.455. The predicted octanol–water partition coefficient (Wildman–Crippen LogP) is 4.06. The molecule has 0 bridgehead atoms. The number of thioether (sulfide) groups is 1. The Hall–Kier alpha value is -0.760. The third kappa shape index (κ3) is 4.38. The van der Waals surface area contributed by atoms with Crippen molar-refractivity contribution in [2.75, 3.05) is 0 Å². The molecule has 0 aliphatic heterocycles. The molecule has 0 radical (unpaired) electrons. The molecule has 19 heavy (non-hydrogen) atoms. The lowest BCUT2D eigenvalue weighted by Crippen LogP contribution is -2.23. The van der Waals surface area contributed by atoms with Crippen molar-refractivity contribution >= 4 is 33.7 Å². The number of hydrogen-bond donors (Lipinski definition) is 1. The predicted molar refractivity (Wildman–Crippen MR) is 69.1 cm³/mol. The second kappa shape index (κ2) is 6.13. The van der Waals surface area contributed by atoms with Crippen LogP contribution in [-0.4, -0.2) is 21.3 Å². The number of hydrogen-bond acceptors (Lipinski definition) is 3. The van der Waals surface area contributed by atoms with Crippen molar-refractivity contribution in [1.29, 1.82) is 0 Å². The Morgan fingerprint density at radius 3 is 2.47 bits per heavy atom. The molecule has 0 fully saturated rings. The number of pyridine rings is 1.